The van der Waals surface area contributed by atoms with Crippen molar-refractivity contribution in [3.05, 3.63) is 12.7 Å². The second kappa shape index (κ2) is 10.0. The highest BCUT2D eigenvalue weighted by atomic mass is 19.4. The Labute approximate surface area is 197 Å². The maximum absolute atomic E-state index is 13.7. The number of hydrogen-bond acceptors (Lipinski definition) is 6. The van der Waals surface area contributed by atoms with Crippen molar-refractivity contribution in [2.24, 2.45) is 0 Å². The van der Waals surface area contributed by atoms with Gasteiger partial charge in [-0.25, -0.2) is 0 Å². The Hall–Kier alpha value is -2.91. The van der Waals surface area contributed by atoms with Gasteiger partial charge in [-0.05, 0) is 0 Å². The zero-order chi connectivity index (χ0) is 30.2. The number of halogens is 17. The van der Waals surface area contributed by atoms with Crippen LogP contribution < -0.4 is 9.47 Å². The number of nitrogens with zero attached hydrogens (tertiary/aromatic N) is 4. The monoisotopic (exact) mass is 600 g/mol. The van der Waals surface area contributed by atoms with E-state index in [1.807, 2.05) is 0 Å². The molecule has 220 valence electrons. The normalized spacial score (nSPS) is 14.9. The molecule has 0 atom stereocenters. The van der Waals surface area contributed by atoms with E-state index in [1.54, 1.807) is 0 Å². The van der Waals surface area contributed by atoms with Crippen molar-refractivity contribution in [2.45, 2.75) is 54.1 Å². The lowest BCUT2D eigenvalue weighted by atomic mass is 9.88. The third-order valence-corrected chi connectivity index (χ3v) is 4.21. The molecule has 0 saturated heterocycles. The van der Waals surface area contributed by atoms with Gasteiger partial charge < -0.3 is 9.47 Å². The third-order valence-electron chi connectivity index (χ3n) is 4.21. The predicted molar refractivity (Wildman–Crippen MR) is 84.1 cm³/mol. The summed E-state index contributed by atoms with van der Waals surface area (Å²) in [6.45, 7) is 1.08. The summed E-state index contributed by atoms with van der Waals surface area (Å²) in [5.41, 5.74) is 0. The van der Waals surface area contributed by atoms with Gasteiger partial charge in [-0.2, -0.15) is 74.6 Å². The molecule has 0 N–H and O–H groups in total. The topological polar surface area (TPSA) is 70.0 Å². The fraction of sp³-hybridized carbons (Fsp3) is 0.733. The molecule has 0 spiro atoms. The van der Waals surface area contributed by atoms with E-state index in [0.29, 0.717) is 0 Å². The summed E-state index contributed by atoms with van der Waals surface area (Å²) in [7, 11) is 0. The Morgan fingerprint density at radius 2 is 0.868 bits per heavy atom. The molecular formula is C15H9F17N4O2. The Morgan fingerprint density at radius 1 is 0.526 bits per heavy atom. The van der Waals surface area contributed by atoms with Gasteiger partial charge >= 0.3 is 59.7 Å². The molecule has 1 heterocycles. The fourth-order valence-corrected chi connectivity index (χ4v) is 2.08. The summed E-state index contributed by atoms with van der Waals surface area (Å²) in [5.74, 6) is -56.8. The summed E-state index contributed by atoms with van der Waals surface area (Å²) in [6, 6.07) is -1.75. The minimum atomic E-state index is -8.68. The first-order valence-electron chi connectivity index (χ1n) is 8.91. The average Bonchev–Trinajstić information content (AvgIpc) is 2.76. The van der Waals surface area contributed by atoms with E-state index in [4.69, 9.17) is 0 Å². The maximum Gasteiger partial charge on any atom is 0.460 e. The second-order valence-corrected chi connectivity index (χ2v) is 6.81. The predicted octanol–water partition coefficient (Wildman–Crippen LogP) is 5.61. The lowest BCUT2D eigenvalue weighted by Gasteiger charge is -2.42. The molecule has 0 radical (unpaired) electrons. The number of aromatic nitrogens is 4. The Bertz CT molecular complexity index is 965. The quantitative estimate of drug-likeness (QED) is 0.217. The van der Waals surface area contributed by atoms with Crippen LogP contribution in [0.15, 0.2) is 12.7 Å². The van der Waals surface area contributed by atoms with Gasteiger partial charge in [0.2, 0.25) is 0 Å². The minimum absolute atomic E-state index is 0.206. The molecule has 0 unspecified atom stereocenters. The molecule has 0 bridgehead atoms. The van der Waals surface area contributed by atoms with Crippen molar-refractivity contribution in [1.82, 2.24) is 20.4 Å². The van der Waals surface area contributed by atoms with E-state index < -0.39 is 72.7 Å². The second-order valence-electron chi connectivity index (χ2n) is 6.81. The molecule has 0 aliphatic heterocycles. The maximum atomic E-state index is 13.7. The van der Waals surface area contributed by atoms with E-state index in [-0.39, 0.29) is 6.61 Å². The molecule has 38 heavy (non-hydrogen) atoms. The zero-order valence-electron chi connectivity index (χ0n) is 17.4. The van der Waals surface area contributed by atoms with Crippen molar-refractivity contribution in [1.29, 1.82) is 0 Å². The molecule has 0 aliphatic rings. The van der Waals surface area contributed by atoms with Crippen molar-refractivity contribution in [3.8, 4) is 12.0 Å². The van der Waals surface area contributed by atoms with Gasteiger partial charge in [0, 0.05) is 0 Å². The largest absolute Gasteiger partial charge is 0.461 e. The summed E-state index contributed by atoms with van der Waals surface area (Å²) in [6.07, 6.45) is -9.45. The molecule has 0 fully saturated rings. The van der Waals surface area contributed by atoms with E-state index in [0.717, 1.165) is 0 Å². The van der Waals surface area contributed by atoms with E-state index in [1.165, 1.54) is 6.08 Å². The molecule has 0 aromatic carbocycles. The summed E-state index contributed by atoms with van der Waals surface area (Å²) in [4.78, 5) is 0. The Kier molecular flexibility index (Phi) is 8.72. The number of ether oxygens (including phenoxy) is 2. The van der Waals surface area contributed by atoms with E-state index in [9.17, 15) is 74.6 Å². The summed E-state index contributed by atoms with van der Waals surface area (Å²) in [5, 5.41) is 12.0. The fourth-order valence-electron chi connectivity index (χ4n) is 2.08. The van der Waals surface area contributed by atoms with Gasteiger partial charge in [0.1, 0.15) is 6.61 Å². The molecule has 1 rings (SSSR count). The number of alkyl halides is 17. The molecule has 0 saturated carbocycles. The Morgan fingerprint density at radius 3 is 1.24 bits per heavy atom. The van der Waals surface area contributed by atoms with Crippen LogP contribution >= 0.6 is 0 Å². The van der Waals surface area contributed by atoms with Gasteiger partial charge in [-0.1, -0.05) is 33.0 Å². The van der Waals surface area contributed by atoms with Crippen LogP contribution in [0.25, 0.3) is 0 Å². The van der Waals surface area contributed by atoms with Gasteiger partial charge in [0.05, 0.1) is 13.0 Å². The highest BCUT2D eigenvalue weighted by Crippen LogP contribution is 2.64. The molecule has 0 aliphatic carbocycles. The summed E-state index contributed by atoms with van der Waals surface area (Å²) < 4.78 is 233. The van der Waals surface area contributed by atoms with Gasteiger partial charge in [-0.3, -0.25) is 0 Å². The van der Waals surface area contributed by atoms with E-state index in [2.05, 4.69) is 36.4 Å². The van der Waals surface area contributed by atoms with Gasteiger partial charge in [-0.15, -0.1) is 0 Å². The zero-order valence-corrected chi connectivity index (χ0v) is 17.4. The molecule has 1 aromatic rings. The van der Waals surface area contributed by atoms with Crippen LogP contribution in [-0.4, -0.2) is 81.2 Å². The van der Waals surface area contributed by atoms with Gasteiger partial charge in [0.25, 0.3) is 0 Å². The lowest BCUT2D eigenvalue weighted by molar-refractivity contribution is -0.461. The average molecular weight is 600 g/mol. The third kappa shape index (κ3) is 5.18. The van der Waals surface area contributed by atoms with Crippen LogP contribution in [0.4, 0.5) is 74.6 Å². The summed E-state index contributed by atoms with van der Waals surface area (Å²) >= 11 is 0. The minimum Gasteiger partial charge on any atom is -0.461 e. The highest BCUT2D eigenvalue weighted by molar-refractivity contribution is 5.15. The van der Waals surface area contributed by atoms with Crippen molar-refractivity contribution in [3.63, 3.8) is 0 Å². The Balaban J connectivity index is 3.23. The first kappa shape index (κ1) is 33.1. The molecule has 0 amide bonds. The van der Waals surface area contributed by atoms with Crippen molar-refractivity contribution < 1.29 is 84.1 Å². The van der Waals surface area contributed by atoms with Crippen LogP contribution in [0.5, 0.6) is 12.0 Å². The molecule has 1 aromatic heterocycles. The lowest BCUT2D eigenvalue weighted by Crippen LogP contribution is -2.74. The van der Waals surface area contributed by atoms with Crippen molar-refractivity contribution >= 4 is 0 Å². The SMILES string of the molecule is C=CCOc1nnc(OCCC(F)(F)C(F)(F)C(F)(F)C(F)(F)C(F)(F)C(F)(F)C(F)(F)C(F)(F)F)nn1. The van der Waals surface area contributed by atoms with Crippen LogP contribution in [-0.2, 0) is 0 Å². The smallest absolute Gasteiger partial charge is 0.460 e. The molecule has 23 heteroatoms. The molecule has 6 nitrogen and oxygen atoms in total. The van der Waals surface area contributed by atoms with Crippen molar-refractivity contribution in [2.75, 3.05) is 13.2 Å². The number of rotatable bonds is 13. The van der Waals surface area contributed by atoms with Crippen LogP contribution in [0.3, 0.4) is 0 Å². The highest BCUT2D eigenvalue weighted by Gasteiger charge is 2.95. The van der Waals surface area contributed by atoms with Crippen LogP contribution in [0, 0.1) is 0 Å². The van der Waals surface area contributed by atoms with Crippen LogP contribution in [0.1, 0.15) is 6.42 Å². The van der Waals surface area contributed by atoms with Crippen LogP contribution in [0.2, 0.25) is 0 Å². The molecular weight excluding hydrogens is 591 g/mol. The standard InChI is InChI=1S/C15H9F17N4O2/c1-2-4-37-6-33-35-7(36-34-6)38-5-3-8(16,17)9(18,19)10(20,21)11(22,23)12(24,25)13(26,27)14(28,29)15(30,31)32/h2H,1,3-5H2. The van der Waals surface area contributed by atoms with Gasteiger partial charge in [0.15, 0.2) is 0 Å². The number of hydrogen-bond donors (Lipinski definition) is 0. The first-order chi connectivity index (χ1) is 16.8. The van der Waals surface area contributed by atoms with E-state index >= 15 is 0 Å². The first-order valence-corrected chi connectivity index (χ1v) is 8.91.